The number of hydrogen-bond acceptors (Lipinski definition) is 3. The van der Waals surface area contributed by atoms with Crippen molar-refractivity contribution in [1.29, 1.82) is 0 Å². The highest BCUT2D eigenvalue weighted by Gasteiger charge is 2.59. The molecule has 1 amide bonds. The summed E-state index contributed by atoms with van der Waals surface area (Å²) < 4.78 is 5.21. The molecule has 0 bridgehead atoms. The summed E-state index contributed by atoms with van der Waals surface area (Å²) in [5, 5.41) is 2.72. The average Bonchev–Trinajstić information content (AvgIpc) is 2.77. The van der Waals surface area contributed by atoms with Gasteiger partial charge in [-0.05, 0) is 50.3 Å². The highest BCUT2D eigenvalue weighted by atomic mass is 16.6. The molecule has 20 heavy (non-hydrogen) atoms. The van der Waals surface area contributed by atoms with Gasteiger partial charge in [-0.25, -0.2) is 4.79 Å². The molecule has 2 rings (SSSR count). The van der Waals surface area contributed by atoms with Crippen molar-refractivity contribution in [2.75, 3.05) is 5.32 Å². The fourth-order valence-corrected chi connectivity index (χ4v) is 2.42. The minimum absolute atomic E-state index is 0.146. The Morgan fingerprint density at radius 3 is 2.15 bits per heavy atom. The highest BCUT2D eigenvalue weighted by molar-refractivity contribution is 5.84. The molecule has 0 saturated heterocycles. The van der Waals surface area contributed by atoms with Crippen LogP contribution in [0.3, 0.4) is 0 Å². The second-order valence-corrected chi connectivity index (χ2v) is 7.24. The quantitative estimate of drug-likeness (QED) is 0.867. The van der Waals surface area contributed by atoms with Crippen LogP contribution >= 0.6 is 0 Å². The van der Waals surface area contributed by atoms with E-state index in [1.165, 1.54) is 0 Å². The van der Waals surface area contributed by atoms with E-state index in [2.05, 4.69) is 19.2 Å². The number of benzene rings is 1. The van der Waals surface area contributed by atoms with Gasteiger partial charge in [0.05, 0.1) is 0 Å². The van der Waals surface area contributed by atoms with Gasteiger partial charge in [0.2, 0.25) is 0 Å². The van der Waals surface area contributed by atoms with Crippen LogP contribution in [0.15, 0.2) is 24.3 Å². The molecule has 1 fully saturated rings. The van der Waals surface area contributed by atoms with Crippen LogP contribution < -0.4 is 11.1 Å². The molecule has 4 heteroatoms. The standard InChI is InChI=1S/C16H24N2O2/c1-14(2,3)20-13(19)18-12-8-6-11(7-9-12)16(17)10-15(16,4)5/h6-9H,10,17H2,1-5H3,(H,18,19). The monoisotopic (exact) mass is 276 g/mol. The molecule has 110 valence electrons. The number of rotatable bonds is 2. The normalized spacial score (nSPS) is 24.1. The van der Waals surface area contributed by atoms with Crippen molar-refractivity contribution in [3.8, 4) is 0 Å². The molecule has 3 N–H and O–H groups in total. The Balaban J connectivity index is 2.01. The number of carbonyl (C=O) groups is 1. The van der Waals surface area contributed by atoms with Crippen LogP contribution in [0.4, 0.5) is 10.5 Å². The Kier molecular flexibility index (Phi) is 3.33. The number of nitrogens with one attached hydrogen (secondary N) is 1. The second kappa shape index (κ2) is 4.48. The number of nitrogens with two attached hydrogens (primary N) is 1. The van der Waals surface area contributed by atoms with E-state index in [9.17, 15) is 4.79 Å². The highest BCUT2D eigenvalue weighted by Crippen LogP contribution is 2.60. The molecule has 1 aromatic carbocycles. The molecule has 4 nitrogen and oxygen atoms in total. The van der Waals surface area contributed by atoms with Gasteiger partial charge in [-0.3, -0.25) is 5.32 Å². The van der Waals surface area contributed by atoms with Crippen LogP contribution in [-0.2, 0) is 10.3 Å². The van der Waals surface area contributed by atoms with E-state index in [0.29, 0.717) is 5.69 Å². The van der Waals surface area contributed by atoms with Crippen LogP contribution in [0.5, 0.6) is 0 Å². The van der Waals surface area contributed by atoms with Gasteiger partial charge in [-0.15, -0.1) is 0 Å². The van der Waals surface area contributed by atoms with Crippen molar-refractivity contribution < 1.29 is 9.53 Å². The third kappa shape index (κ3) is 2.96. The summed E-state index contributed by atoms with van der Waals surface area (Å²) in [5.74, 6) is 0. The van der Waals surface area contributed by atoms with Gasteiger partial charge in [-0.1, -0.05) is 26.0 Å². The summed E-state index contributed by atoms with van der Waals surface area (Å²) in [6.45, 7) is 9.84. The van der Waals surface area contributed by atoms with Crippen LogP contribution in [-0.4, -0.2) is 11.7 Å². The first-order valence-electron chi connectivity index (χ1n) is 6.93. The maximum Gasteiger partial charge on any atom is 0.412 e. The summed E-state index contributed by atoms with van der Waals surface area (Å²) in [4.78, 5) is 11.7. The van der Waals surface area contributed by atoms with Crippen molar-refractivity contribution >= 4 is 11.8 Å². The lowest BCUT2D eigenvalue weighted by Crippen LogP contribution is -2.27. The molecule has 0 radical (unpaired) electrons. The first-order chi connectivity index (χ1) is 9.03. The average molecular weight is 276 g/mol. The molecule has 0 spiro atoms. The molecule has 0 aliphatic heterocycles. The van der Waals surface area contributed by atoms with Crippen LogP contribution in [0.1, 0.15) is 46.6 Å². The van der Waals surface area contributed by atoms with Crippen molar-refractivity contribution in [3.63, 3.8) is 0 Å². The SMILES string of the molecule is CC(C)(C)OC(=O)Nc1ccc(C2(N)CC2(C)C)cc1. The zero-order valence-corrected chi connectivity index (χ0v) is 12.9. The first-order valence-corrected chi connectivity index (χ1v) is 6.93. The van der Waals surface area contributed by atoms with E-state index in [0.717, 1.165) is 12.0 Å². The number of carbonyl (C=O) groups excluding carboxylic acids is 1. The van der Waals surface area contributed by atoms with E-state index >= 15 is 0 Å². The van der Waals surface area contributed by atoms with Crippen LogP contribution in [0.25, 0.3) is 0 Å². The molecular weight excluding hydrogens is 252 g/mol. The number of amides is 1. The smallest absolute Gasteiger partial charge is 0.412 e. The number of hydrogen-bond donors (Lipinski definition) is 2. The molecule has 1 aliphatic rings. The zero-order chi connectivity index (χ0) is 15.2. The minimum atomic E-state index is -0.497. The number of anilines is 1. The summed E-state index contributed by atoms with van der Waals surface area (Å²) in [7, 11) is 0. The maximum atomic E-state index is 11.7. The van der Waals surface area contributed by atoms with Crippen molar-refractivity contribution in [1.82, 2.24) is 0 Å². The van der Waals surface area contributed by atoms with Crippen molar-refractivity contribution in [2.24, 2.45) is 11.1 Å². The molecular formula is C16H24N2O2. The molecule has 1 aliphatic carbocycles. The van der Waals surface area contributed by atoms with E-state index < -0.39 is 11.7 Å². The Morgan fingerprint density at radius 2 is 1.75 bits per heavy atom. The van der Waals surface area contributed by atoms with E-state index in [1.807, 2.05) is 45.0 Å². The predicted octanol–water partition coefficient (Wildman–Crippen LogP) is 3.62. The van der Waals surface area contributed by atoms with Gasteiger partial charge in [0.1, 0.15) is 5.60 Å². The van der Waals surface area contributed by atoms with E-state index in [-0.39, 0.29) is 11.0 Å². The van der Waals surface area contributed by atoms with Crippen LogP contribution in [0, 0.1) is 5.41 Å². The van der Waals surface area contributed by atoms with Crippen molar-refractivity contribution in [3.05, 3.63) is 29.8 Å². The summed E-state index contributed by atoms with van der Waals surface area (Å²) in [6, 6.07) is 7.67. The number of ether oxygens (including phenoxy) is 1. The van der Waals surface area contributed by atoms with Gasteiger partial charge >= 0.3 is 6.09 Å². The largest absolute Gasteiger partial charge is 0.444 e. The summed E-state index contributed by atoms with van der Waals surface area (Å²) >= 11 is 0. The molecule has 0 heterocycles. The Hall–Kier alpha value is -1.55. The predicted molar refractivity (Wildman–Crippen MR) is 80.6 cm³/mol. The molecule has 1 atom stereocenters. The topological polar surface area (TPSA) is 64.3 Å². The summed E-state index contributed by atoms with van der Waals surface area (Å²) in [6.07, 6.45) is 0.540. The van der Waals surface area contributed by atoms with Gasteiger partial charge < -0.3 is 10.5 Å². The Bertz CT molecular complexity index is 514. The molecule has 1 aromatic rings. The van der Waals surface area contributed by atoms with E-state index in [1.54, 1.807) is 0 Å². The molecule has 0 aromatic heterocycles. The molecule has 1 saturated carbocycles. The van der Waals surface area contributed by atoms with Gasteiger partial charge in [0, 0.05) is 11.2 Å². The first kappa shape index (κ1) is 14.9. The van der Waals surface area contributed by atoms with Crippen LogP contribution in [0.2, 0.25) is 0 Å². The maximum absolute atomic E-state index is 11.7. The molecule has 1 unspecified atom stereocenters. The Morgan fingerprint density at radius 1 is 1.25 bits per heavy atom. The third-order valence-electron chi connectivity index (χ3n) is 3.85. The minimum Gasteiger partial charge on any atom is -0.444 e. The fourth-order valence-electron chi connectivity index (χ4n) is 2.42. The third-order valence-corrected chi connectivity index (χ3v) is 3.85. The van der Waals surface area contributed by atoms with Gasteiger partial charge in [0.15, 0.2) is 0 Å². The second-order valence-electron chi connectivity index (χ2n) is 7.24. The fraction of sp³-hybridized carbons (Fsp3) is 0.562. The Labute approximate surface area is 120 Å². The lowest BCUT2D eigenvalue weighted by atomic mass is 9.97. The van der Waals surface area contributed by atoms with Crippen molar-refractivity contribution in [2.45, 2.75) is 52.2 Å². The van der Waals surface area contributed by atoms with Gasteiger partial charge in [-0.2, -0.15) is 0 Å². The summed E-state index contributed by atoms with van der Waals surface area (Å²) in [5.41, 5.74) is 7.60. The lowest BCUT2D eigenvalue weighted by Gasteiger charge is -2.20. The van der Waals surface area contributed by atoms with E-state index in [4.69, 9.17) is 10.5 Å². The zero-order valence-electron chi connectivity index (χ0n) is 12.9. The van der Waals surface area contributed by atoms with Gasteiger partial charge in [0.25, 0.3) is 0 Å². The lowest BCUT2D eigenvalue weighted by molar-refractivity contribution is 0.0636.